The Balaban J connectivity index is 3.14. The Morgan fingerprint density at radius 2 is 1.19 bits per heavy atom. The van der Waals surface area contributed by atoms with Gasteiger partial charge in [-0.1, -0.05) is 12.1 Å². The van der Waals surface area contributed by atoms with Crippen molar-refractivity contribution in [2.45, 2.75) is 34.6 Å². The molecule has 84 valence electrons. The average Bonchev–Trinajstić information content (AvgIpc) is 2.26. The maximum absolute atomic E-state index is 10.3. The minimum Gasteiger partial charge on any atom is -0.507 e. The lowest BCUT2D eigenvalue weighted by atomic mass is 9.90. The van der Waals surface area contributed by atoms with E-state index in [1.165, 1.54) is 22.1 Å². The summed E-state index contributed by atoms with van der Waals surface area (Å²) in [5.41, 5.74) is 5.85. The van der Waals surface area contributed by atoms with Gasteiger partial charge < -0.3 is 5.11 Å². The molecule has 0 unspecified atom stereocenters. The highest BCUT2D eigenvalue weighted by atomic mass is 16.3. The van der Waals surface area contributed by atoms with Crippen molar-refractivity contribution >= 4 is 10.8 Å². The van der Waals surface area contributed by atoms with Gasteiger partial charge in [0.1, 0.15) is 5.75 Å². The summed E-state index contributed by atoms with van der Waals surface area (Å²) in [5, 5.41) is 12.5. The SMILES string of the molecule is Cc1c(C)c(O)c2c(C)ccc(C)c2c1C. The Bertz CT molecular complexity index is 527. The van der Waals surface area contributed by atoms with E-state index in [1.807, 2.05) is 6.92 Å². The molecule has 0 fully saturated rings. The number of hydrogen-bond acceptors (Lipinski definition) is 1. The predicted molar refractivity (Wildman–Crippen MR) is 69.3 cm³/mol. The molecule has 16 heavy (non-hydrogen) atoms. The van der Waals surface area contributed by atoms with Gasteiger partial charge in [0.05, 0.1) is 0 Å². The number of aryl methyl sites for hydroxylation is 3. The van der Waals surface area contributed by atoms with Crippen molar-refractivity contribution in [1.82, 2.24) is 0 Å². The van der Waals surface area contributed by atoms with Crippen molar-refractivity contribution in [3.05, 3.63) is 39.9 Å². The maximum Gasteiger partial charge on any atom is 0.126 e. The summed E-state index contributed by atoms with van der Waals surface area (Å²) in [5.74, 6) is 0.444. The van der Waals surface area contributed by atoms with Crippen LogP contribution in [0, 0.1) is 34.6 Å². The van der Waals surface area contributed by atoms with E-state index in [4.69, 9.17) is 0 Å². The molecule has 0 aliphatic heterocycles. The lowest BCUT2D eigenvalue weighted by Gasteiger charge is -2.16. The Labute approximate surface area is 96.7 Å². The third-order valence-electron chi connectivity index (χ3n) is 3.71. The summed E-state index contributed by atoms with van der Waals surface area (Å²) in [6.07, 6.45) is 0. The van der Waals surface area contributed by atoms with Crippen molar-refractivity contribution in [3.8, 4) is 5.75 Å². The smallest absolute Gasteiger partial charge is 0.126 e. The van der Waals surface area contributed by atoms with Crippen molar-refractivity contribution in [2.75, 3.05) is 0 Å². The van der Waals surface area contributed by atoms with Crippen LogP contribution in [0.3, 0.4) is 0 Å². The second kappa shape index (κ2) is 3.51. The summed E-state index contributed by atoms with van der Waals surface area (Å²) >= 11 is 0. The predicted octanol–water partition coefficient (Wildman–Crippen LogP) is 4.09. The van der Waals surface area contributed by atoms with Crippen LogP contribution in [0.1, 0.15) is 27.8 Å². The quantitative estimate of drug-likeness (QED) is 0.700. The van der Waals surface area contributed by atoms with Crippen LogP contribution in [0.4, 0.5) is 0 Å². The van der Waals surface area contributed by atoms with Crippen LogP contribution in [0.15, 0.2) is 12.1 Å². The molecule has 0 saturated heterocycles. The molecular weight excluding hydrogens is 196 g/mol. The molecule has 2 rings (SSSR count). The standard InChI is InChI=1S/C15H18O/c1-8-6-7-9(2)14-13(8)11(4)10(3)12(5)15(14)16/h6-7,16H,1-5H3. The first-order valence-electron chi connectivity index (χ1n) is 5.63. The van der Waals surface area contributed by atoms with Crippen LogP contribution in [-0.4, -0.2) is 5.11 Å². The Kier molecular flexibility index (Phi) is 2.42. The molecule has 0 bridgehead atoms. The average molecular weight is 214 g/mol. The van der Waals surface area contributed by atoms with E-state index < -0.39 is 0 Å². The normalized spacial score (nSPS) is 11.1. The molecular formula is C15H18O. The zero-order valence-corrected chi connectivity index (χ0v) is 10.6. The molecule has 1 N–H and O–H groups in total. The third kappa shape index (κ3) is 1.31. The zero-order valence-electron chi connectivity index (χ0n) is 10.6. The first-order valence-corrected chi connectivity index (χ1v) is 5.63. The van der Waals surface area contributed by atoms with E-state index in [9.17, 15) is 5.11 Å². The molecule has 0 aliphatic carbocycles. The first-order chi connectivity index (χ1) is 7.45. The number of phenolic OH excluding ortho intramolecular Hbond substituents is 1. The molecule has 0 spiro atoms. The molecule has 0 amide bonds. The fourth-order valence-electron chi connectivity index (χ4n) is 2.43. The van der Waals surface area contributed by atoms with Crippen LogP contribution < -0.4 is 0 Å². The highest BCUT2D eigenvalue weighted by molar-refractivity contribution is 5.97. The van der Waals surface area contributed by atoms with Crippen LogP contribution in [-0.2, 0) is 0 Å². The lowest BCUT2D eigenvalue weighted by Crippen LogP contribution is -1.94. The van der Waals surface area contributed by atoms with Crippen LogP contribution in [0.2, 0.25) is 0 Å². The van der Waals surface area contributed by atoms with Crippen molar-refractivity contribution in [2.24, 2.45) is 0 Å². The Morgan fingerprint density at radius 3 is 1.75 bits per heavy atom. The van der Waals surface area contributed by atoms with Crippen LogP contribution in [0.5, 0.6) is 5.75 Å². The van der Waals surface area contributed by atoms with Crippen LogP contribution in [0.25, 0.3) is 10.8 Å². The number of aromatic hydroxyl groups is 1. The van der Waals surface area contributed by atoms with Gasteiger partial charge in [-0.3, -0.25) is 0 Å². The summed E-state index contributed by atoms with van der Waals surface area (Å²) in [7, 11) is 0. The Hall–Kier alpha value is -1.50. The van der Waals surface area contributed by atoms with Gasteiger partial charge in [-0.05, 0) is 67.8 Å². The number of fused-ring (bicyclic) bond motifs is 1. The van der Waals surface area contributed by atoms with Gasteiger partial charge in [-0.2, -0.15) is 0 Å². The van der Waals surface area contributed by atoms with Crippen molar-refractivity contribution in [3.63, 3.8) is 0 Å². The summed E-state index contributed by atoms with van der Waals surface area (Å²) in [4.78, 5) is 0. The van der Waals surface area contributed by atoms with Gasteiger partial charge in [0.25, 0.3) is 0 Å². The maximum atomic E-state index is 10.3. The monoisotopic (exact) mass is 214 g/mol. The molecule has 0 radical (unpaired) electrons. The molecule has 0 saturated carbocycles. The topological polar surface area (TPSA) is 20.2 Å². The summed E-state index contributed by atoms with van der Waals surface area (Å²) < 4.78 is 0. The van der Waals surface area contributed by atoms with Crippen LogP contribution >= 0.6 is 0 Å². The van der Waals surface area contributed by atoms with Crippen molar-refractivity contribution < 1.29 is 5.11 Å². The van der Waals surface area contributed by atoms with Gasteiger partial charge in [0, 0.05) is 5.39 Å². The van der Waals surface area contributed by atoms with Gasteiger partial charge in [0.2, 0.25) is 0 Å². The zero-order chi connectivity index (χ0) is 12.0. The van der Waals surface area contributed by atoms with Gasteiger partial charge in [-0.25, -0.2) is 0 Å². The van der Waals surface area contributed by atoms with E-state index in [1.54, 1.807) is 0 Å². The second-order valence-electron chi connectivity index (χ2n) is 4.67. The molecule has 2 aromatic carbocycles. The van der Waals surface area contributed by atoms with Gasteiger partial charge in [0.15, 0.2) is 0 Å². The van der Waals surface area contributed by atoms with E-state index in [-0.39, 0.29) is 0 Å². The number of phenols is 1. The Morgan fingerprint density at radius 1 is 0.688 bits per heavy atom. The molecule has 1 nitrogen and oxygen atoms in total. The highest BCUT2D eigenvalue weighted by Gasteiger charge is 2.13. The fourth-order valence-corrected chi connectivity index (χ4v) is 2.43. The summed E-state index contributed by atoms with van der Waals surface area (Å²) in [6, 6.07) is 4.20. The number of rotatable bonds is 0. The molecule has 1 heteroatoms. The second-order valence-corrected chi connectivity index (χ2v) is 4.67. The largest absolute Gasteiger partial charge is 0.507 e. The summed E-state index contributed by atoms with van der Waals surface area (Å²) in [6.45, 7) is 10.3. The lowest BCUT2D eigenvalue weighted by molar-refractivity contribution is 0.476. The molecule has 2 aromatic rings. The third-order valence-corrected chi connectivity index (χ3v) is 3.71. The van der Waals surface area contributed by atoms with E-state index in [0.29, 0.717) is 5.75 Å². The van der Waals surface area contributed by atoms with E-state index in [2.05, 4.69) is 39.8 Å². The minimum absolute atomic E-state index is 0.444. The van der Waals surface area contributed by atoms with Gasteiger partial charge >= 0.3 is 0 Å². The van der Waals surface area contributed by atoms with E-state index >= 15 is 0 Å². The first kappa shape index (κ1) is 11.0. The van der Waals surface area contributed by atoms with E-state index in [0.717, 1.165) is 16.5 Å². The van der Waals surface area contributed by atoms with Crippen molar-refractivity contribution in [1.29, 1.82) is 0 Å². The minimum atomic E-state index is 0.444. The number of benzene rings is 2. The molecule has 0 heterocycles. The van der Waals surface area contributed by atoms with Gasteiger partial charge in [-0.15, -0.1) is 0 Å². The number of hydrogen-bond donors (Lipinski definition) is 1. The molecule has 0 aromatic heterocycles. The fraction of sp³-hybridized carbons (Fsp3) is 0.333. The molecule has 0 aliphatic rings. The molecule has 0 atom stereocenters. The highest BCUT2D eigenvalue weighted by Crippen LogP contribution is 2.37.